The smallest absolute Gasteiger partial charge is 0.274 e. The van der Waals surface area contributed by atoms with Crippen LogP contribution in [0.2, 0.25) is 0 Å². The van der Waals surface area contributed by atoms with Crippen LogP contribution in [0.3, 0.4) is 0 Å². The van der Waals surface area contributed by atoms with Crippen LogP contribution in [0, 0.1) is 5.41 Å². The van der Waals surface area contributed by atoms with E-state index in [0.29, 0.717) is 5.69 Å². The van der Waals surface area contributed by atoms with Crippen molar-refractivity contribution in [1.29, 1.82) is 0 Å². The van der Waals surface area contributed by atoms with Gasteiger partial charge >= 0.3 is 0 Å². The lowest BCUT2D eigenvalue weighted by Gasteiger charge is -2.40. The molecule has 7 heteroatoms. The van der Waals surface area contributed by atoms with Gasteiger partial charge in [-0.15, -0.1) is 0 Å². The molecule has 0 aliphatic carbocycles. The molecule has 0 aromatic carbocycles. The lowest BCUT2D eigenvalue weighted by atomic mass is 9.79. The highest BCUT2D eigenvalue weighted by molar-refractivity contribution is 5.92. The molecule has 2 aromatic rings. The summed E-state index contributed by atoms with van der Waals surface area (Å²) in [5, 5.41) is 4.26. The zero-order valence-electron chi connectivity index (χ0n) is 14.6. The third kappa shape index (κ3) is 3.42. The molecule has 1 amide bonds. The van der Waals surface area contributed by atoms with Crippen LogP contribution < -0.4 is 0 Å². The number of carbonyl (C=O) groups excluding carboxylic acids is 1. The average Bonchev–Trinajstić information content (AvgIpc) is 3.21. The predicted octanol–water partition coefficient (Wildman–Crippen LogP) is 1.34. The van der Waals surface area contributed by atoms with Crippen LogP contribution in [0.5, 0.6) is 0 Å². The molecular formula is C18H24N6O. The quantitative estimate of drug-likeness (QED) is 0.843. The van der Waals surface area contributed by atoms with Gasteiger partial charge < -0.3 is 4.90 Å². The number of likely N-dealkylation sites (tertiary alicyclic amines) is 2. The first-order valence-corrected chi connectivity index (χ1v) is 8.89. The van der Waals surface area contributed by atoms with Gasteiger partial charge in [0.25, 0.3) is 5.91 Å². The Morgan fingerprint density at radius 2 is 2.12 bits per heavy atom. The minimum Gasteiger partial charge on any atom is -0.337 e. The van der Waals surface area contributed by atoms with Crippen molar-refractivity contribution in [2.45, 2.75) is 25.8 Å². The number of amides is 1. The van der Waals surface area contributed by atoms with Gasteiger partial charge in [0.05, 0.1) is 12.4 Å². The number of aryl methyl sites for hydroxylation is 1. The van der Waals surface area contributed by atoms with E-state index in [1.807, 2.05) is 22.8 Å². The maximum atomic E-state index is 12.7. The van der Waals surface area contributed by atoms with E-state index in [9.17, 15) is 4.79 Å². The molecule has 2 aliphatic rings. The SMILES string of the molecule is Cn1cc(CN2CC[C@@]3(CCCN(C(=O)c4cnccn4)C3)C2)cn1. The zero-order valence-corrected chi connectivity index (χ0v) is 14.6. The van der Waals surface area contributed by atoms with E-state index in [0.717, 1.165) is 45.6 Å². The van der Waals surface area contributed by atoms with Crippen molar-refractivity contribution in [1.82, 2.24) is 29.5 Å². The first kappa shape index (κ1) is 16.2. The summed E-state index contributed by atoms with van der Waals surface area (Å²) in [7, 11) is 1.95. The monoisotopic (exact) mass is 340 g/mol. The van der Waals surface area contributed by atoms with Crippen LogP contribution in [0.1, 0.15) is 35.3 Å². The lowest BCUT2D eigenvalue weighted by Crippen LogP contribution is -2.47. The number of hydrogen-bond donors (Lipinski definition) is 0. The van der Waals surface area contributed by atoms with Crippen LogP contribution in [-0.2, 0) is 13.6 Å². The molecule has 0 unspecified atom stereocenters. The molecule has 2 aliphatic heterocycles. The van der Waals surface area contributed by atoms with Gasteiger partial charge in [0, 0.05) is 62.8 Å². The van der Waals surface area contributed by atoms with Gasteiger partial charge in [-0.25, -0.2) is 4.98 Å². The van der Waals surface area contributed by atoms with Gasteiger partial charge in [0.2, 0.25) is 0 Å². The first-order chi connectivity index (χ1) is 12.1. The Kier molecular flexibility index (Phi) is 4.25. The van der Waals surface area contributed by atoms with Crippen LogP contribution >= 0.6 is 0 Å². The van der Waals surface area contributed by atoms with E-state index in [4.69, 9.17) is 0 Å². The Balaban J connectivity index is 1.41. The maximum absolute atomic E-state index is 12.7. The molecular weight excluding hydrogens is 316 g/mol. The number of nitrogens with zero attached hydrogens (tertiary/aromatic N) is 6. The highest BCUT2D eigenvalue weighted by atomic mass is 16.2. The van der Waals surface area contributed by atoms with Gasteiger partial charge in [-0.05, 0) is 25.8 Å². The number of piperidine rings is 1. The summed E-state index contributed by atoms with van der Waals surface area (Å²) in [5.41, 5.74) is 1.92. The maximum Gasteiger partial charge on any atom is 0.274 e. The number of carbonyl (C=O) groups is 1. The molecule has 2 saturated heterocycles. The molecule has 1 atom stereocenters. The van der Waals surface area contributed by atoms with Crippen LogP contribution in [0.4, 0.5) is 0 Å². The molecule has 4 heterocycles. The van der Waals surface area contributed by atoms with Crippen molar-refractivity contribution < 1.29 is 4.79 Å². The molecule has 25 heavy (non-hydrogen) atoms. The van der Waals surface area contributed by atoms with E-state index < -0.39 is 0 Å². The molecule has 2 aromatic heterocycles. The fourth-order valence-electron chi connectivity index (χ4n) is 4.26. The molecule has 0 N–H and O–H groups in total. The summed E-state index contributed by atoms with van der Waals surface area (Å²) in [5.74, 6) is 0.0119. The molecule has 1 spiro atoms. The summed E-state index contributed by atoms with van der Waals surface area (Å²) in [6.45, 7) is 4.72. The Morgan fingerprint density at radius 1 is 1.20 bits per heavy atom. The molecule has 2 fully saturated rings. The summed E-state index contributed by atoms with van der Waals surface area (Å²) in [4.78, 5) is 25.4. The standard InChI is InChI=1S/C18H24N6O/c1-22-11-15(9-21-22)12-23-8-4-18(13-23)3-2-7-24(14-18)17(25)16-10-19-5-6-20-16/h5-6,9-11H,2-4,7-8,12-14H2,1H3/t18-/m0/s1. The molecule has 0 saturated carbocycles. The Hall–Kier alpha value is -2.28. The normalized spacial score (nSPS) is 24.1. The summed E-state index contributed by atoms with van der Waals surface area (Å²) >= 11 is 0. The predicted molar refractivity (Wildman–Crippen MR) is 92.7 cm³/mol. The molecule has 0 radical (unpaired) electrons. The fourth-order valence-corrected chi connectivity index (χ4v) is 4.26. The Bertz CT molecular complexity index is 745. The second kappa shape index (κ2) is 6.55. The van der Waals surface area contributed by atoms with E-state index in [1.165, 1.54) is 12.0 Å². The number of rotatable bonds is 3. The van der Waals surface area contributed by atoms with Gasteiger partial charge in [0.15, 0.2) is 0 Å². The topological polar surface area (TPSA) is 67.2 Å². The van der Waals surface area contributed by atoms with Gasteiger partial charge in [-0.2, -0.15) is 5.10 Å². The highest BCUT2D eigenvalue weighted by Gasteiger charge is 2.42. The zero-order chi connectivity index (χ0) is 17.3. The highest BCUT2D eigenvalue weighted by Crippen LogP contribution is 2.39. The first-order valence-electron chi connectivity index (χ1n) is 8.89. The molecule has 132 valence electrons. The van der Waals surface area contributed by atoms with Gasteiger partial charge in [-0.3, -0.25) is 19.4 Å². The Labute approximate surface area is 147 Å². The number of hydrogen-bond acceptors (Lipinski definition) is 5. The fraction of sp³-hybridized carbons (Fsp3) is 0.556. The van der Waals surface area contributed by atoms with Crippen molar-refractivity contribution in [2.24, 2.45) is 12.5 Å². The van der Waals surface area contributed by atoms with Gasteiger partial charge in [0.1, 0.15) is 5.69 Å². The van der Waals surface area contributed by atoms with Crippen molar-refractivity contribution in [3.63, 3.8) is 0 Å². The second-order valence-electron chi connectivity index (χ2n) is 7.40. The average molecular weight is 340 g/mol. The van der Waals surface area contributed by atoms with E-state index in [1.54, 1.807) is 18.6 Å². The number of aromatic nitrogens is 4. The van der Waals surface area contributed by atoms with Crippen molar-refractivity contribution in [2.75, 3.05) is 26.2 Å². The van der Waals surface area contributed by atoms with Crippen molar-refractivity contribution in [3.05, 3.63) is 42.2 Å². The summed E-state index contributed by atoms with van der Waals surface area (Å²) in [6, 6.07) is 0. The van der Waals surface area contributed by atoms with Crippen molar-refractivity contribution >= 4 is 5.91 Å². The summed E-state index contributed by atoms with van der Waals surface area (Å²) < 4.78 is 1.85. The Morgan fingerprint density at radius 3 is 2.88 bits per heavy atom. The minimum absolute atomic E-state index is 0.0119. The minimum atomic E-state index is 0.0119. The van der Waals surface area contributed by atoms with E-state index in [-0.39, 0.29) is 11.3 Å². The van der Waals surface area contributed by atoms with Crippen LogP contribution in [-0.4, -0.2) is 61.6 Å². The third-order valence-corrected chi connectivity index (χ3v) is 5.41. The molecule has 0 bridgehead atoms. The van der Waals surface area contributed by atoms with E-state index >= 15 is 0 Å². The van der Waals surface area contributed by atoms with E-state index in [2.05, 4.69) is 26.2 Å². The lowest BCUT2D eigenvalue weighted by molar-refractivity contribution is 0.0521. The van der Waals surface area contributed by atoms with Crippen LogP contribution in [0.25, 0.3) is 0 Å². The summed E-state index contributed by atoms with van der Waals surface area (Å²) in [6.07, 6.45) is 12.2. The second-order valence-corrected chi connectivity index (χ2v) is 7.40. The molecule has 4 rings (SSSR count). The van der Waals surface area contributed by atoms with Crippen LogP contribution in [0.15, 0.2) is 31.0 Å². The van der Waals surface area contributed by atoms with Crippen molar-refractivity contribution in [3.8, 4) is 0 Å². The largest absolute Gasteiger partial charge is 0.337 e. The molecule has 7 nitrogen and oxygen atoms in total. The third-order valence-electron chi connectivity index (χ3n) is 5.41. The van der Waals surface area contributed by atoms with Gasteiger partial charge in [-0.1, -0.05) is 0 Å².